The number of nitrogens with one attached hydrogen (secondary N) is 1. The summed E-state index contributed by atoms with van der Waals surface area (Å²) in [6.45, 7) is 0. The Morgan fingerprint density at radius 1 is 1.29 bits per heavy atom. The second-order valence-electron chi connectivity index (χ2n) is 4.74. The highest BCUT2D eigenvalue weighted by molar-refractivity contribution is 5.97. The summed E-state index contributed by atoms with van der Waals surface area (Å²) in [7, 11) is 0. The highest BCUT2D eigenvalue weighted by Crippen LogP contribution is 2.40. The van der Waals surface area contributed by atoms with E-state index in [4.69, 9.17) is 15.4 Å². The van der Waals surface area contributed by atoms with Gasteiger partial charge in [0.05, 0.1) is 5.69 Å². The molecule has 104 valence electrons. The maximum absolute atomic E-state index is 11.9. The van der Waals surface area contributed by atoms with E-state index in [1.165, 1.54) is 0 Å². The number of hydrogen-bond acceptors (Lipinski definition) is 5. The molecule has 1 unspecified atom stereocenters. The average Bonchev–Trinajstić information content (AvgIpc) is 2.47. The fraction of sp³-hybridized carbons (Fsp3) is 0.133. The van der Waals surface area contributed by atoms with Crippen molar-refractivity contribution in [2.75, 3.05) is 11.1 Å². The van der Waals surface area contributed by atoms with Crippen molar-refractivity contribution in [2.45, 2.75) is 12.3 Å². The summed E-state index contributed by atoms with van der Waals surface area (Å²) in [6, 6.07) is 11.1. The number of nitriles is 1. The molecule has 1 atom stereocenters. The number of rotatable bonds is 1. The molecule has 6 nitrogen and oxygen atoms in total. The fourth-order valence-corrected chi connectivity index (χ4v) is 2.59. The minimum atomic E-state index is -0.845. The molecule has 6 heteroatoms. The van der Waals surface area contributed by atoms with Gasteiger partial charge >= 0.3 is 5.63 Å². The van der Waals surface area contributed by atoms with Gasteiger partial charge < -0.3 is 15.5 Å². The van der Waals surface area contributed by atoms with Crippen molar-refractivity contribution in [2.24, 2.45) is 0 Å². The van der Waals surface area contributed by atoms with E-state index in [0.29, 0.717) is 5.56 Å². The van der Waals surface area contributed by atoms with Crippen LogP contribution in [0.1, 0.15) is 29.0 Å². The normalized spacial score (nSPS) is 16.7. The van der Waals surface area contributed by atoms with Gasteiger partial charge in [-0.05, 0) is 5.56 Å². The zero-order valence-corrected chi connectivity index (χ0v) is 10.9. The predicted octanol–water partition coefficient (Wildman–Crippen LogP) is 1.57. The molecule has 3 N–H and O–H groups in total. The second kappa shape index (κ2) is 4.80. The van der Waals surface area contributed by atoms with Crippen LogP contribution in [-0.4, -0.2) is 5.91 Å². The number of nitrogens with zero attached hydrogens (tertiary/aromatic N) is 1. The van der Waals surface area contributed by atoms with E-state index in [0.717, 1.165) is 5.56 Å². The SMILES string of the molecule is N#Cc1c2c(c(N)oc1=O)C(c1ccccc1)CC(=O)N2. The number of fused-ring (bicyclic) bond motifs is 1. The lowest BCUT2D eigenvalue weighted by Crippen LogP contribution is -2.28. The van der Waals surface area contributed by atoms with Crippen LogP contribution in [0.5, 0.6) is 0 Å². The van der Waals surface area contributed by atoms with E-state index in [1.54, 1.807) is 6.07 Å². The van der Waals surface area contributed by atoms with E-state index in [9.17, 15) is 9.59 Å². The van der Waals surface area contributed by atoms with Gasteiger partial charge in [0.2, 0.25) is 11.8 Å². The summed E-state index contributed by atoms with van der Waals surface area (Å²) in [5.41, 5.74) is 6.26. The van der Waals surface area contributed by atoms with E-state index < -0.39 is 5.63 Å². The largest absolute Gasteiger partial charge is 0.406 e. The molecular formula is C15H11N3O3. The lowest BCUT2D eigenvalue weighted by molar-refractivity contribution is -0.116. The minimum absolute atomic E-state index is 0.0668. The van der Waals surface area contributed by atoms with Gasteiger partial charge in [0, 0.05) is 17.9 Å². The Kier molecular flexibility index (Phi) is 2.95. The van der Waals surface area contributed by atoms with E-state index in [2.05, 4.69) is 5.32 Å². The molecule has 0 aliphatic carbocycles. The van der Waals surface area contributed by atoms with Crippen molar-refractivity contribution >= 4 is 17.5 Å². The maximum atomic E-state index is 11.9. The van der Waals surface area contributed by atoms with Crippen molar-refractivity contribution < 1.29 is 9.21 Å². The quantitative estimate of drug-likeness (QED) is 0.824. The van der Waals surface area contributed by atoms with Crippen LogP contribution in [0.15, 0.2) is 39.5 Å². The van der Waals surface area contributed by atoms with Gasteiger partial charge in [-0.15, -0.1) is 0 Å². The van der Waals surface area contributed by atoms with Gasteiger partial charge in [-0.1, -0.05) is 30.3 Å². The summed E-state index contributed by atoms with van der Waals surface area (Å²) >= 11 is 0. The molecule has 1 aromatic carbocycles. The van der Waals surface area contributed by atoms with Crippen molar-refractivity contribution in [1.82, 2.24) is 0 Å². The molecule has 1 amide bonds. The van der Waals surface area contributed by atoms with Crippen LogP contribution >= 0.6 is 0 Å². The molecule has 3 rings (SSSR count). The first-order chi connectivity index (χ1) is 10.1. The van der Waals surface area contributed by atoms with Crippen LogP contribution in [0.3, 0.4) is 0 Å². The molecule has 0 radical (unpaired) electrons. The summed E-state index contributed by atoms with van der Waals surface area (Å²) in [5.74, 6) is -0.674. The van der Waals surface area contributed by atoms with Crippen molar-refractivity contribution in [3.8, 4) is 6.07 Å². The van der Waals surface area contributed by atoms with Crippen LogP contribution in [0.25, 0.3) is 0 Å². The minimum Gasteiger partial charge on any atom is -0.406 e. The molecule has 0 bridgehead atoms. The molecule has 0 spiro atoms. The molecule has 1 aliphatic rings. The Balaban J connectivity index is 2.29. The lowest BCUT2D eigenvalue weighted by atomic mass is 9.84. The molecule has 1 aliphatic heterocycles. The number of amides is 1. The third-order valence-corrected chi connectivity index (χ3v) is 3.51. The molecule has 0 fully saturated rings. The maximum Gasteiger partial charge on any atom is 0.357 e. The topological polar surface area (TPSA) is 109 Å². The second-order valence-corrected chi connectivity index (χ2v) is 4.74. The van der Waals surface area contributed by atoms with Gasteiger partial charge in [0.25, 0.3) is 0 Å². The van der Waals surface area contributed by atoms with Crippen LogP contribution < -0.4 is 16.7 Å². The average molecular weight is 281 g/mol. The smallest absolute Gasteiger partial charge is 0.357 e. The number of nitrogens with two attached hydrogens (primary N) is 1. The third kappa shape index (κ3) is 2.05. The molecule has 2 heterocycles. The Bertz CT molecular complexity index is 819. The lowest BCUT2D eigenvalue weighted by Gasteiger charge is -2.26. The molecule has 1 aromatic heterocycles. The van der Waals surface area contributed by atoms with Crippen molar-refractivity contribution in [3.05, 3.63) is 57.4 Å². The van der Waals surface area contributed by atoms with Crippen LogP contribution in [0.4, 0.5) is 11.6 Å². The number of benzene rings is 1. The third-order valence-electron chi connectivity index (χ3n) is 3.51. The van der Waals surface area contributed by atoms with Gasteiger partial charge in [0.1, 0.15) is 6.07 Å². The first-order valence-corrected chi connectivity index (χ1v) is 6.33. The van der Waals surface area contributed by atoms with Crippen LogP contribution in [0, 0.1) is 11.3 Å². The van der Waals surface area contributed by atoms with Gasteiger partial charge in [-0.25, -0.2) is 4.79 Å². The number of carbonyl (C=O) groups is 1. The first kappa shape index (κ1) is 12.9. The summed E-state index contributed by atoms with van der Waals surface area (Å²) < 4.78 is 4.93. The highest BCUT2D eigenvalue weighted by Gasteiger charge is 2.33. The Morgan fingerprint density at radius 2 is 2.00 bits per heavy atom. The van der Waals surface area contributed by atoms with E-state index >= 15 is 0 Å². The standard InChI is InChI=1S/C15H11N3O3/c16-7-10-13-12(14(17)21-15(10)20)9(6-11(19)18-13)8-4-2-1-3-5-8/h1-5,9H,6,17H2,(H,18,19). The van der Waals surface area contributed by atoms with E-state index in [1.807, 2.05) is 30.3 Å². The number of carbonyl (C=O) groups excluding carboxylic acids is 1. The molecule has 2 aromatic rings. The summed E-state index contributed by atoms with van der Waals surface area (Å²) in [6.07, 6.45) is 0.180. The number of nitrogen functional groups attached to an aromatic ring is 1. The number of anilines is 2. The summed E-state index contributed by atoms with van der Waals surface area (Å²) in [4.78, 5) is 23.6. The van der Waals surface area contributed by atoms with Gasteiger partial charge in [-0.2, -0.15) is 5.26 Å². The summed E-state index contributed by atoms with van der Waals surface area (Å²) in [5, 5.41) is 11.7. The Hall–Kier alpha value is -3.07. The van der Waals surface area contributed by atoms with E-state index in [-0.39, 0.29) is 35.4 Å². The Morgan fingerprint density at radius 3 is 2.67 bits per heavy atom. The monoisotopic (exact) mass is 281 g/mol. The zero-order chi connectivity index (χ0) is 15.0. The predicted molar refractivity (Wildman–Crippen MR) is 75.6 cm³/mol. The zero-order valence-electron chi connectivity index (χ0n) is 10.9. The molecule has 0 saturated carbocycles. The molecule has 0 saturated heterocycles. The highest BCUT2D eigenvalue weighted by atomic mass is 16.4. The van der Waals surface area contributed by atoms with Gasteiger partial charge in [-0.3, -0.25) is 4.79 Å². The molecule has 21 heavy (non-hydrogen) atoms. The van der Waals surface area contributed by atoms with Crippen LogP contribution in [0.2, 0.25) is 0 Å². The fourth-order valence-electron chi connectivity index (χ4n) is 2.59. The van der Waals surface area contributed by atoms with Crippen molar-refractivity contribution in [1.29, 1.82) is 5.26 Å². The number of hydrogen-bond donors (Lipinski definition) is 2. The first-order valence-electron chi connectivity index (χ1n) is 6.33. The van der Waals surface area contributed by atoms with Crippen LogP contribution in [-0.2, 0) is 4.79 Å². The van der Waals surface area contributed by atoms with Gasteiger partial charge in [0.15, 0.2) is 5.56 Å². The Labute approximate surface area is 119 Å². The van der Waals surface area contributed by atoms with Crippen molar-refractivity contribution in [3.63, 3.8) is 0 Å². The molecular weight excluding hydrogens is 270 g/mol.